The quantitative estimate of drug-likeness (QED) is 0.0938. The Labute approximate surface area is 606 Å². The first-order valence-corrected chi connectivity index (χ1v) is 35.6. The van der Waals surface area contributed by atoms with Crippen LogP contribution in [-0.2, 0) is 79.9 Å². The zero-order valence-corrected chi connectivity index (χ0v) is 61.9. The van der Waals surface area contributed by atoms with Crippen LogP contribution < -0.4 is 19.9 Å². The zero-order chi connectivity index (χ0) is 69.5. The molecule has 0 atom stereocenters. The fraction of sp³-hybridized carbons (Fsp3) is 0.0588. The van der Waals surface area contributed by atoms with Crippen LogP contribution in [0.2, 0.25) is 0 Å². The Morgan fingerprint density at radius 2 is 0.343 bits per heavy atom. The average Bonchev–Trinajstić information content (AvgIpc) is 1.61. The molecule has 0 saturated carbocycles. The van der Waals surface area contributed by atoms with Crippen LogP contribution in [0.3, 0.4) is 0 Å². The summed E-state index contributed by atoms with van der Waals surface area (Å²) in [6.07, 6.45) is 2.15. The molecule has 10 heterocycles. The molecule has 6 aromatic heterocycles. The van der Waals surface area contributed by atoms with Gasteiger partial charge in [-0.05, 0) is 43.1 Å². The molecule has 0 fully saturated rings. The minimum Gasteiger partial charge on any atom is -0.357 e. The Balaban J connectivity index is 0.000000172. The van der Waals surface area contributed by atoms with E-state index in [1.807, 2.05) is 194 Å². The Hall–Kier alpha value is -10.9. The van der Waals surface area contributed by atoms with Gasteiger partial charge in [-0.25, -0.2) is 19.9 Å². The van der Waals surface area contributed by atoms with E-state index in [1.54, 1.807) is 0 Å². The van der Waals surface area contributed by atoms with E-state index in [-0.39, 0.29) is 46.4 Å². The van der Waals surface area contributed by atoms with E-state index in [0.29, 0.717) is 111 Å². The SMILES string of the molecule is C.CS(=O)(=O)O.CS(=O)(=O)O.CS(=O)(=O)O.O=S(=O)=O.[Zn+2].[Zn+2].c1ccc2c(c1)-c1nc-2nc2[n-]c(nc3nc(nc4[n-]c(n1)c1ccccc41)-c1ccccc1-3)c1ccccc21.c1ccc2c(c1)-c1nc-2nc2[n-]c(nc3nc(nc4[n-]c(n1)c1ccccc41)-c1ccccc1-3)c1ccccc21. The summed E-state index contributed by atoms with van der Waals surface area (Å²) in [5.74, 6) is 4.42. The second kappa shape index (κ2) is 30.1. The molecule has 0 aliphatic carbocycles. The third-order valence-corrected chi connectivity index (χ3v) is 14.7. The second-order valence-electron chi connectivity index (χ2n) is 21.7. The van der Waals surface area contributed by atoms with Crippen LogP contribution >= 0.6 is 0 Å². The minimum absolute atomic E-state index is 0. The van der Waals surface area contributed by atoms with Crippen molar-refractivity contribution >= 4 is 129 Å². The number of nitrogens with zero attached hydrogens (tertiary/aromatic N) is 16. The van der Waals surface area contributed by atoms with Crippen LogP contribution in [-0.4, -0.2) is 130 Å². The Bertz CT molecular complexity index is 5450. The molecule has 4 aliphatic rings. The maximum Gasteiger partial charge on any atom is 2.00 e. The first-order valence-electron chi connectivity index (χ1n) is 29.0. The molecule has 0 radical (unpaired) electrons. The first-order chi connectivity index (χ1) is 47.3. The Kier molecular flexibility index (Phi) is 21.8. The smallest absolute Gasteiger partial charge is 0.357 e. The van der Waals surface area contributed by atoms with E-state index < -0.39 is 41.0 Å². The fourth-order valence-electron chi connectivity index (χ4n) is 10.9. The van der Waals surface area contributed by atoms with Gasteiger partial charge in [-0.1, -0.05) is 202 Å². The zero-order valence-electron chi connectivity index (χ0n) is 52.7. The molecule has 0 unspecified atom stereocenters. The molecule has 18 rings (SSSR count). The molecule has 16 bridgehead atoms. The topological polar surface area (TPSA) is 425 Å². The Morgan fingerprint density at radius 1 is 0.245 bits per heavy atom. The van der Waals surface area contributed by atoms with Gasteiger partial charge in [0.2, 0.25) is 0 Å². The molecule has 4 aliphatic heterocycles. The average molecular weight is 1540 g/mol. The summed E-state index contributed by atoms with van der Waals surface area (Å²) in [4.78, 5) is 78.5. The van der Waals surface area contributed by atoms with Crippen LogP contribution in [0, 0.1) is 0 Å². The van der Waals surface area contributed by atoms with E-state index in [1.165, 1.54) is 0 Å². The van der Waals surface area contributed by atoms with Crippen molar-refractivity contribution < 1.29 is 90.5 Å². The van der Waals surface area contributed by atoms with Gasteiger partial charge in [0.1, 0.15) is 0 Å². The third kappa shape index (κ3) is 16.4. The monoisotopic (exact) mass is 1540 g/mol. The molecular formula is C68H48N16O12S4Zn2. The largest absolute Gasteiger partial charge is 2.00 e. The molecule has 0 spiro atoms. The van der Waals surface area contributed by atoms with Crippen LogP contribution in [0.1, 0.15) is 7.43 Å². The van der Waals surface area contributed by atoms with Gasteiger partial charge in [-0.2, -0.15) is 25.3 Å². The minimum atomic E-state index is -3.67. The molecule has 0 amide bonds. The van der Waals surface area contributed by atoms with Crippen molar-refractivity contribution in [1.82, 2.24) is 79.7 Å². The van der Waals surface area contributed by atoms with Crippen molar-refractivity contribution in [3.63, 3.8) is 0 Å². The molecule has 102 heavy (non-hydrogen) atoms. The predicted molar refractivity (Wildman–Crippen MR) is 377 cm³/mol. The van der Waals surface area contributed by atoms with E-state index in [2.05, 4.69) is 0 Å². The van der Waals surface area contributed by atoms with Gasteiger partial charge in [0.25, 0.3) is 30.4 Å². The first kappa shape index (κ1) is 73.8. The summed E-state index contributed by atoms with van der Waals surface area (Å²) < 4.78 is 103. The van der Waals surface area contributed by atoms with Gasteiger partial charge in [0, 0.05) is 89.7 Å². The fourth-order valence-corrected chi connectivity index (χ4v) is 10.9. The summed E-state index contributed by atoms with van der Waals surface area (Å²) in [6.45, 7) is 0. The molecule has 28 nitrogen and oxygen atoms in total. The van der Waals surface area contributed by atoms with Crippen LogP contribution in [0.25, 0.3) is 179 Å². The van der Waals surface area contributed by atoms with Gasteiger partial charge < -0.3 is 59.8 Å². The molecule has 3 N–H and O–H groups in total. The molecule has 500 valence electrons. The summed E-state index contributed by atoms with van der Waals surface area (Å²) >= 11 is 0. The number of hydrogen-bond donors (Lipinski definition) is 3. The van der Waals surface area contributed by atoms with Crippen molar-refractivity contribution in [2.75, 3.05) is 18.8 Å². The molecule has 0 saturated heterocycles. The van der Waals surface area contributed by atoms with Crippen LogP contribution in [0.5, 0.6) is 0 Å². The number of aromatic nitrogens is 16. The number of fused-ring (bicyclic) bond motifs is 40. The summed E-state index contributed by atoms with van der Waals surface area (Å²) in [6, 6.07) is 63.7. The van der Waals surface area contributed by atoms with E-state index in [9.17, 15) is 25.3 Å². The van der Waals surface area contributed by atoms with Crippen molar-refractivity contribution in [2.45, 2.75) is 7.43 Å². The van der Waals surface area contributed by atoms with Gasteiger partial charge in [-0.15, -0.1) is 12.6 Å². The van der Waals surface area contributed by atoms with E-state index >= 15 is 0 Å². The van der Waals surface area contributed by atoms with E-state index in [0.717, 1.165) is 87.6 Å². The molecular weight excluding hydrogens is 1490 g/mol. The maximum absolute atomic E-state index is 9.19. The summed E-state index contributed by atoms with van der Waals surface area (Å²) in [5, 5.41) is 7.15. The second-order valence-corrected chi connectivity index (χ2v) is 26.5. The predicted octanol–water partition coefficient (Wildman–Crippen LogP) is 10.4. The van der Waals surface area contributed by atoms with Crippen molar-refractivity contribution in [1.29, 1.82) is 0 Å². The van der Waals surface area contributed by atoms with Crippen molar-refractivity contribution in [2.24, 2.45) is 0 Å². The van der Waals surface area contributed by atoms with Crippen molar-refractivity contribution in [3.8, 4) is 91.1 Å². The van der Waals surface area contributed by atoms with Gasteiger partial charge in [-0.3, -0.25) is 13.7 Å². The maximum atomic E-state index is 9.19. The van der Waals surface area contributed by atoms with Crippen LogP contribution in [0.15, 0.2) is 194 Å². The number of hydrogen-bond acceptors (Lipinski definition) is 21. The van der Waals surface area contributed by atoms with Crippen LogP contribution in [0.4, 0.5) is 0 Å². The molecule has 34 heteroatoms. The standard InChI is InChI=1S/2C32H16N8.3CH4O3S.CH4.O3S.2Zn/c2*1-2-10-18-17(9-1)25-33-26(18)38-28-21-13-5-6-14-22(21)30(35-28)40-32-24-16-8-7-15-23(24)31(36-32)39-29-20-12-4-3-11-19(20)27(34-29)37-25;3*1-5(2,3)4;;1-4(2)3;;/h2*1-16H;3*1H3,(H,2,3,4);1H4;;;/q2*-2;;;;;;2*+2. The number of benzene rings is 8. The third-order valence-electron chi connectivity index (χ3n) is 14.7. The van der Waals surface area contributed by atoms with Gasteiger partial charge >= 0.3 is 49.6 Å². The van der Waals surface area contributed by atoms with E-state index in [4.69, 9.17) is 106 Å². The molecule has 8 aromatic carbocycles. The van der Waals surface area contributed by atoms with Gasteiger partial charge in [0.15, 0.2) is 0 Å². The molecule has 14 aromatic rings. The summed E-state index contributed by atoms with van der Waals surface area (Å²) in [7, 11) is -14.1. The number of rotatable bonds is 0. The van der Waals surface area contributed by atoms with Crippen molar-refractivity contribution in [3.05, 3.63) is 194 Å². The Morgan fingerprint density at radius 3 is 0.451 bits per heavy atom. The normalized spacial score (nSPS) is 11.4. The van der Waals surface area contributed by atoms with Gasteiger partial charge in [0.05, 0.1) is 65.4 Å². The summed E-state index contributed by atoms with van der Waals surface area (Å²) in [5.41, 5.74) is 11.6.